The molecule has 0 atom stereocenters. The highest BCUT2D eigenvalue weighted by atomic mass is 16.5. The topological polar surface area (TPSA) is 53.6 Å². The summed E-state index contributed by atoms with van der Waals surface area (Å²) in [5.74, 6) is -0.0175. The second-order valence-corrected chi connectivity index (χ2v) is 5.24. The van der Waals surface area contributed by atoms with Gasteiger partial charge in [0.05, 0.1) is 6.54 Å². The van der Waals surface area contributed by atoms with E-state index in [1.165, 1.54) is 5.69 Å². The summed E-state index contributed by atoms with van der Waals surface area (Å²) in [6.45, 7) is 10.1. The summed E-state index contributed by atoms with van der Waals surface area (Å²) in [5.41, 5.74) is 3.15. The van der Waals surface area contributed by atoms with E-state index in [9.17, 15) is 4.79 Å². The van der Waals surface area contributed by atoms with Crippen molar-refractivity contribution in [3.8, 4) is 0 Å². The zero-order chi connectivity index (χ0) is 16.4. The maximum Gasteiger partial charge on any atom is 0.238 e. The fourth-order valence-corrected chi connectivity index (χ4v) is 2.31. The fraction of sp³-hybridized carbons (Fsp3) is 0.588. The van der Waals surface area contributed by atoms with Crippen LogP contribution in [0, 0.1) is 6.92 Å². The molecule has 1 aromatic carbocycles. The minimum absolute atomic E-state index is 0.0175. The predicted molar refractivity (Wildman–Crippen MR) is 92.7 cm³/mol. The highest BCUT2D eigenvalue weighted by Crippen LogP contribution is 2.22. The third-order valence-corrected chi connectivity index (χ3v) is 3.60. The van der Waals surface area contributed by atoms with E-state index in [0.29, 0.717) is 13.2 Å². The average Bonchev–Trinajstić information content (AvgIpc) is 2.51. The van der Waals surface area contributed by atoms with Gasteiger partial charge >= 0.3 is 0 Å². The van der Waals surface area contributed by atoms with Crippen LogP contribution in [0.1, 0.15) is 25.8 Å². The molecule has 0 aliphatic rings. The number of benzene rings is 1. The molecule has 0 unspecified atom stereocenters. The molecule has 2 N–H and O–H groups in total. The van der Waals surface area contributed by atoms with Crippen molar-refractivity contribution in [3.63, 3.8) is 0 Å². The number of hydrogen-bond acceptors (Lipinski definition) is 4. The third-order valence-electron chi connectivity index (χ3n) is 3.60. The van der Waals surface area contributed by atoms with E-state index in [-0.39, 0.29) is 5.91 Å². The van der Waals surface area contributed by atoms with Gasteiger partial charge in [-0.1, -0.05) is 0 Å². The molecule has 22 heavy (non-hydrogen) atoms. The Bertz CT molecular complexity index is 459. The van der Waals surface area contributed by atoms with E-state index in [4.69, 9.17) is 4.74 Å². The highest BCUT2D eigenvalue weighted by molar-refractivity contribution is 5.93. The van der Waals surface area contributed by atoms with Crippen LogP contribution in [-0.4, -0.2) is 45.8 Å². The Balaban J connectivity index is 2.50. The van der Waals surface area contributed by atoms with Crippen molar-refractivity contribution >= 4 is 17.3 Å². The van der Waals surface area contributed by atoms with Crippen molar-refractivity contribution in [1.82, 2.24) is 5.32 Å². The van der Waals surface area contributed by atoms with Gasteiger partial charge in [0.25, 0.3) is 0 Å². The van der Waals surface area contributed by atoms with Gasteiger partial charge in [-0.2, -0.15) is 0 Å². The number of carbonyl (C=O) groups is 1. The fourth-order valence-electron chi connectivity index (χ4n) is 2.31. The Morgan fingerprint density at radius 3 is 2.59 bits per heavy atom. The molecule has 0 saturated heterocycles. The first-order valence-corrected chi connectivity index (χ1v) is 7.97. The van der Waals surface area contributed by atoms with Crippen LogP contribution in [-0.2, 0) is 9.53 Å². The standard InChI is InChI=1S/C17H29N3O2/c1-5-20(6-2)15-8-9-16(14(3)12-15)19-17(21)13-18-10-7-11-22-4/h8-9,12,18H,5-7,10-11,13H2,1-4H3,(H,19,21). The SMILES string of the molecule is CCN(CC)c1ccc(NC(=O)CNCCCOC)c(C)c1. The minimum atomic E-state index is -0.0175. The predicted octanol–water partition coefficient (Wildman–Crippen LogP) is 2.41. The second-order valence-electron chi connectivity index (χ2n) is 5.24. The Hall–Kier alpha value is -1.59. The van der Waals surface area contributed by atoms with Crippen LogP contribution >= 0.6 is 0 Å². The first-order valence-electron chi connectivity index (χ1n) is 7.97. The number of nitrogens with one attached hydrogen (secondary N) is 2. The van der Waals surface area contributed by atoms with Crippen LogP contribution in [0.2, 0.25) is 0 Å². The number of carbonyl (C=O) groups excluding carboxylic acids is 1. The van der Waals surface area contributed by atoms with Gasteiger partial charge in [0, 0.05) is 38.2 Å². The number of methoxy groups -OCH3 is 1. The molecule has 0 aliphatic carbocycles. The molecule has 0 fully saturated rings. The number of nitrogens with zero attached hydrogens (tertiary/aromatic N) is 1. The Morgan fingerprint density at radius 2 is 2.00 bits per heavy atom. The van der Waals surface area contributed by atoms with Gasteiger partial charge in [-0.05, 0) is 57.5 Å². The monoisotopic (exact) mass is 307 g/mol. The third kappa shape index (κ3) is 6.03. The number of amides is 1. The smallest absolute Gasteiger partial charge is 0.238 e. The first kappa shape index (κ1) is 18.5. The van der Waals surface area contributed by atoms with Gasteiger partial charge in [-0.15, -0.1) is 0 Å². The number of anilines is 2. The Morgan fingerprint density at radius 1 is 1.27 bits per heavy atom. The molecule has 124 valence electrons. The van der Waals surface area contributed by atoms with E-state index >= 15 is 0 Å². The summed E-state index contributed by atoms with van der Waals surface area (Å²) < 4.78 is 4.96. The van der Waals surface area contributed by atoms with Gasteiger partial charge in [0.2, 0.25) is 5.91 Å². The molecule has 1 rings (SSSR count). The summed E-state index contributed by atoms with van der Waals surface area (Å²) in [6, 6.07) is 6.15. The van der Waals surface area contributed by atoms with Crippen LogP contribution < -0.4 is 15.5 Å². The second kappa shape index (κ2) is 10.2. The van der Waals surface area contributed by atoms with Crippen molar-refractivity contribution in [3.05, 3.63) is 23.8 Å². The van der Waals surface area contributed by atoms with Gasteiger partial charge in [-0.25, -0.2) is 0 Å². The first-order chi connectivity index (χ1) is 10.6. The molecule has 0 aromatic heterocycles. The van der Waals surface area contributed by atoms with Crippen molar-refractivity contribution in [2.75, 3.05) is 50.1 Å². The van der Waals surface area contributed by atoms with E-state index in [2.05, 4.69) is 41.5 Å². The largest absolute Gasteiger partial charge is 0.385 e. The van der Waals surface area contributed by atoms with Gasteiger partial charge < -0.3 is 20.3 Å². The van der Waals surface area contributed by atoms with Crippen LogP contribution in [0.5, 0.6) is 0 Å². The summed E-state index contributed by atoms with van der Waals surface area (Å²) in [7, 11) is 1.68. The zero-order valence-electron chi connectivity index (χ0n) is 14.2. The lowest BCUT2D eigenvalue weighted by Gasteiger charge is -2.22. The van der Waals surface area contributed by atoms with E-state index in [0.717, 1.165) is 37.3 Å². The normalized spacial score (nSPS) is 10.5. The van der Waals surface area contributed by atoms with Crippen molar-refractivity contribution in [1.29, 1.82) is 0 Å². The molecular weight excluding hydrogens is 278 g/mol. The number of aryl methyl sites for hydroxylation is 1. The van der Waals surface area contributed by atoms with Crippen LogP contribution in [0.15, 0.2) is 18.2 Å². The zero-order valence-corrected chi connectivity index (χ0v) is 14.2. The molecule has 0 saturated carbocycles. The average molecular weight is 307 g/mol. The minimum Gasteiger partial charge on any atom is -0.385 e. The van der Waals surface area contributed by atoms with Gasteiger partial charge in [0.15, 0.2) is 0 Å². The maximum absolute atomic E-state index is 11.9. The highest BCUT2D eigenvalue weighted by Gasteiger charge is 2.07. The molecule has 5 heteroatoms. The Kier molecular flexibility index (Phi) is 8.55. The van der Waals surface area contributed by atoms with E-state index in [1.807, 2.05) is 13.0 Å². The molecule has 0 radical (unpaired) electrons. The lowest BCUT2D eigenvalue weighted by Crippen LogP contribution is -2.29. The lowest BCUT2D eigenvalue weighted by molar-refractivity contribution is -0.115. The summed E-state index contributed by atoms with van der Waals surface area (Å²) in [4.78, 5) is 14.2. The van der Waals surface area contributed by atoms with E-state index in [1.54, 1.807) is 7.11 Å². The number of rotatable bonds is 10. The van der Waals surface area contributed by atoms with Crippen molar-refractivity contribution in [2.24, 2.45) is 0 Å². The number of ether oxygens (including phenoxy) is 1. The lowest BCUT2D eigenvalue weighted by atomic mass is 10.1. The van der Waals surface area contributed by atoms with Crippen LogP contribution in [0.3, 0.4) is 0 Å². The molecular formula is C17H29N3O2. The van der Waals surface area contributed by atoms with Crippen LogP contribution in [0.25, 0.3) is 0 Å². The quantitative estimate of drug-likeness (QED) is 0.652. The van der Waals surface area contributed by atoms with E-state index < -0.39 is 0 Å². The van der Waals surface area contributed by atoms with Crippen molar-refractivity contribution in [2.45, 2.75) is 27.2 Å². The summed E-state index contributed by atoms with van der Waals surface area (Å²) in [6.07, 6.45) is 0.904. The number of hydrogen-bond donors (Lipinski definition) is 2. The van der Waals surface area contributed by atoms with Crippen molar-refractivity contribution < 1.29 is 9.53 Å². The Labute approximate surface area is 134 Å². The van der Waals surface area contributed by atoms with Gasteiger partial charge in [-0.3, -0.25) is 4.79 Å². The molecule has 0 aliphatic heterocycles. The molecule has 0 bridgehead atoms. The molecule has 0 heterocycles. The molecule has 1 aromatic rings. The van der Waals surface area contributed by atoms with Crippen LogP contribution in [0.4, 0.5) is 11.4 Å². The maximum atomic E-state index is 11.9. The molecule has 5 nitrogen and oxygen atoms in total. The molecule has 0 spiro atoms. The van der Waals surface area contributed by atoms with Gasteiger partial charge in [0.1, 0.15) is 0 Å². The summed E-state index contributed by atoms with van der Waals surface area (Å²) in [5, 5.41) is 6.06. The molecule has 1 amide bonds. The summed E-state index contributed by atoms with van der Waals surface area (Å²) >= 11 is 0.